The maximum absolute atomic E-state index is 11.9. The van der Waals surface area contributed by atoms with Gasteiger partial charge in [0.2, 0.25) is 0 Å². The van der Waals surface area contributed by atoms with Gasteiger partial charge in [0, 0.05) is 12.6 Å². The van der Waals surface area contributed by atoms with E-state index in [0.29, 0.717) is 13.0 Å². The predicted molar refractivity (Wildman–Crippen MR) is 84.7 cm³/mol. The summed E-state index contributed by atoms with van der Waals surface area (Å²) < 4.78 is 5.28. The number of ether oxygens (including phenoxy) is 1. The molecule has 7 heteroatoms. The van der Waals surface area contributed by atoms with Crippen molar-refractivity contribution in [2.24, 2.45) is 5.41 Å². The van der Waals surface area contributed by atoms with Crippen LogP contribution < -0.4 is 5.32 Å². The zero-order valence-electron chi connectivity index (χ0n) is 12.4. The third kappa shape index (κ3) is 8.40. The number of likely N-dealkylation sites (N-methyl/N-ethyl adjacent to an activating group) is 1. The predicted octanol–water partition coefficient (Wildman–Crippen LogP) is 2.36. The number of carbonyl (C=O) groups excluding carboxylic acids is 1. The van der Waals surface area contributed by atoms with Crippen LogP contribution >= 0.6 is 24.8 Å². The zero-order chi connectivity index (χ0) is 13.6. The van der Waals surface area contributed by atoms with Crippen molar-refractivity contribution >= 4 is 30.8 Å². The first-order valence-electron chi connectivity index (χ1n) is 6.24. The van der Waals surface area contributed by atoms with Crippen LogP contribution in [0.3, 0.4) is 0 Å². The van der Waals surface area contributed by atoms with Crippen molar-refractivity contribution in [2.75, 3.05) is 13.7 Å². The highest BCUT2D eigenvalue weighted by molar-refractivity contribution is 5.85. The molecule has 1 atom stereocenters. The SMILES string of the molecule is CN[C@@H](Cc1c[nH]cn1)C(=O)OCCC(C)(C)C.Cl.Cl. The molecule has 5 nitrogen and oxygen atoms in total. The molecule has 0 unspecified atom stereocenters. The van der Waals surface area contributed by atoms with E-state index in [4.69, 9.17) is 4.74 Å². The fourth-order valence-corrected chi connectivity index (χ4v) is 1.47. The van der Waals surface area contributed by atoms with Gasteiger partial charge < -0.3 is 15.0 Å². The molecule has 0 saturated carbocycles. The van der Waals surface area contributed by atoms with E-state index in [-0.39, 0.29) is 42.2 Å². The Bertz CT molecular complexity index is 364. The summed E-state index contributed by atoms with van der Waals surface area (Å²) in [5.41, 5.74) is 1.03. The van der Waals surface area contributed by atoms with Crippen LogP contribution in [0.4, 0.5) is 0 Å². The summed E-state index contributed by atoms with van der Waals surface area (Å²) in [4.78, 5) is 18.8. The van der Waals surface area contributed by atoms with Crippen molar-refractivity contribution in [1.82, 2.24) is 15.3 Å². The molecule has 0 spiro atoms. The molecule has 1 heterocycles. The number of esters is 1. The summed E-state index contributed by atoms with van der Waals surface area (Å²) >= 11 is 0. The summed E-state index contributed by atoms with van der Waals surface area (Å²) in [6.07, 6.45) is 4.78. The number of rotatable bonds is 6. The van der Waals surface area contributed by atoms with Crippen LogP contribution in [0.2, 0.25) is 0 Å². The van der Waals surface area contributed by atoms with Gasteiger partial charge in [0.1, 0.15) is 6.04 Å². The third-order valence-corrected chi connectivity index (χ3v) is 2.70. The fourth-order valence-electron chi connectivity index (χ4n) is 1.47. The number of aromatic nitrogens is 2. The Hall–Kier alpha value is -0.780. The Morgan fingerprint density at radius 2 is 2.10 bits per heavy atom. The van der Waals surface area contributed by atoms with Crippen LogP contribution in [0.15, 0.2) is 12.5 Å². The molecule has 0 saturated heterocycles. The minimum Gasteiger partial charge on any atom is -0.464 e. The lowest BCUT2D eigenvalue weighted by molar-refractivity contribution is -0.146. The smallest absolute Gasteiger partial charge is 0.323 e. The van der Waals surface area contributed by atoms with E-state index in [2.05, 4.69) is 36.1 Å². The summed E-state index contributed by atoms with van der Waals surface area (Å²) in [5.74, 6) is -0.218. The second-order valence-corrected chi connectivity index (χ2v) is 5.58. The molecule has 0 bridgehead atoms. The highest BCUT2D eigenvalue weighted by atomic mass is 35.5. The van der Waals surface area contributed by atoms with Crippen LogP contribution in [0.5, 0.6) is 0 Å². The maximum atomic E-state index is 11.9. The van der Waals surface area contributed by atoms with Crippen LogP contribution in [0.25, 0.3) is 0 Å². The van der Waals surface area contributed by atoms with E-state index in [0.717, 1.165) is 12.1 Å². The second kappa shape index (κ2) is 10.0. The van der Waals surface area contributed by atoms with Crippen LogP contribution in [0.1, 0.15) is 32.9 Å². The monoisotopic (exact) mass is 325 g/mol. The number of halogens is 2. The van der Waals surface area contributed by atoms with Gasteiger partial charge in [-0.25, -0.2) is 4.98 Å². The second-order valence-electron chi connectivity index (χ2n) is 5.58. The normalized spacial score (nSPS) is 12.0. The van der Waals surface area contributed by atoms with Gasteiger partial charge in [-0.1, -0.05) is 20.8 Å². The standard InChI is InChI=1S/C13H23N3O2.2ClH/c1-13(2,3)5-6-18-12(17)11(14-4)7-10-8-15-9-16-10;;/h8-9,11,14H,5-7H2,1-4H3,(H,15,16);2*1H/t11-;;/m0../s1. The highest BCUT2D eigenvalue weighted by Gasteiger charge is 2.20. The van der Waals surface area contributed by atoms with Crippen LogP contribution in [-0.4, -0.2) is 35.6 Å². The van der Waals surface area contributed by atoms with E-state index in [1.807, 2.05) is 0 Å². The van der Waals surface area contributed by atoms with Crippen LogP contribution in [0, 0.1) is 5.41 Å². The Kier molecular flexibility index (Phi) is 10.8. The van der Waals surface area contributed by atoms with Gasteiger partial charge in [-0.15, -0.1) is 24.8 Å². The van der Waals surface area contributed by atoms with Gasteiger partial charge in [-0.2, -0.15) is 0 Å². The number of imidazole rings is 1. The number of nitrogens with one attached hydrogen (secondary N) is 2. The third-order valence-electron chi connectivity index (χ3n) is 2.70. The molecule has 0 aliphatic carbocycles. The molecular formula is C13H25Cl2N3O2. The van der Waals surface area contributed by atoms with Crippen molar-refractivity contribution in [2.45, 2.75) is 39.7 Å². The summed E-state index contributed by atoms with van der Waals surface area (Å²) in [7, 11) is 1.75. The van der Waals surface area contributed by atoms with E-state index in [1.165, 1.54) is 0 Å². The van der Waals surface area contributed by atoms with Gasteiger partial charge in [0.25, 0.3) is 0 Å². The average Bonchev–Trinajstić information content (AvgIpc) is 2.76. The number of carbonyl (C=O) groups is 1. The van der Waals surface area contributed by atoms with Crippen molar-refractivity contribution in [3.63, 3.8) is 0 Å². The largest absolute Gasteiger partial charge is 0.464 e. The zero-order valence-corrected chi connectivity index (χ0v) is 14.1. The molecule has 0 aliphatic rings. The van der Waals surface area contributed by atoms with Crippen LogP contribution in [-0.2, 0) is 16.0 Å². The van der Waals surface area contributed by atoms with Gasteiger partial charge in [0.15, 0.2) is 0 Å². The first kappa shape index (κ1) is 21.5. The topological polar surface area (TPSA) is 67.0 Å². The molecule has 0 aromatic carbocycles. The van der Waals surface area contributed by atoms with Gasteiger partial charge in [-0.3, -0.25) is 4.79 Å². The summed E-state index contributed by atoms with van der Waals surface area (Å²) in [6.45, 7) is 6.83. The molecular weight excluding hydrogens is 301 g/mol. The number of hydrogen-bond acceptors (Lipinski definition) is 4. The minimum atomic E-state index is -0.340. The lowest BCUT2D eigenvalue weighted by atomic mass is 9.93. The Labute approximate surface area is 133 Å². The van der Waals surface area contributed by atoms with E-state index < -0.39 is 0 Å². The van der Waals surface area contributed by atoms with E-state index in [1.54, 1.807) is 19.6 Å². The molecule has 2 N–H and O–H groups in total. The minimum absolute atomic E-state index is 0. The number of nitrogens with zero attached hydrogens (tertiary/aromatic N) is 1. The number of aromatic amines is 1. The fraction of sp³-hybridized carbons (Fsp3) is 0.692. The van der Waals surface area contributed by atoms with Crippen molar-refractivity contribution < 1.29 is 9.53 Å². The van der Waals surface area contributed by atoms with E-state index >= 15 is 0 Å². The summed E-state index contributed by atoms with van der Waals surface area (Å²) in [6, 6.07) is -0.340. The maximum Gasteiger partial charge on any atom is 0.323 e. The van der Waals surface area contributed by atoms with Gasteiger partial charge in [0.05, 0.1) is 18.6 Å². The lowest BCUT2D eigenvalue weighted by Crippen LogP contribution is -2.38. The van der Waals surface area contributed by atoms with Crippen molar-refractivity contribution in [3.8, 4) is 0 Å². The first-order chi connectivity index (χ1) is 8.42. The molecule has 1 aromatic heterocycles. The molecule has 0 amide bonds. The Balaban J connectivity index is 0. The highest BCUT2D eigenvalue weighted by Crippen LogP contribution is 2.18. The molecule has 20 heavy (non-hydrogen) atoms. The molecule has 118 valence electrons. The average molecular weight is 326 g/mol. The molecule has 1 rings (SSSR count). The molecule has 1 aromatic rings. The Morgan fingerprint density at radius 3 is 2.55 bits per heavy atom. The molecule has 0 radical (unpaired) electrons. The summed E-state index contributed by atoms with van der Waals surface area (Å²) in [5, 5.41) is 2.96. The first-order valence-corrected chi connectivity index (χ1v) is 6.24. The van der Waals surface area contributed by atoms with Crippen molar-refractivity contribution in [1.29, 1.82) is 0 Å². The lowest BCUT2D eigenvalue weighted by Gasteiger charge is -2.19. The molecule has 0 fully saturated rings. The quantitative estimate of drug-likeness (QED) is 0.788. The number of H-pyrrole nitrogens is 1. The van der Waals surface area contributed by atoms with Gasteiger partial charge in [-0.05, 0) is 18.9 Å². The van der Waals surface area contributed by atoms with Gasteiger partial charge >= 0.3 is 5.97 Å². The molecule has 0 aliphatic heterocycles. The number of hydrogen-bond donors (Lipinski definition) is 2. The van der Waals surface area contributed by atoms with Crippen molar-refractivity contribution in [3.05, 3.63) is 18.2 Å². The van der Waals surface area contributed by atoms with E-state index in [9.17, 15) is 4.79 Å². The Morgan fingerprint density at radius 1 is 1.45 bits per heavy atom.